The maximum Gasteiger partial charge on any atom is 0.307 e. The minimum Gasteiger partial charge on any atom is -0.431 e. The highest BCUT2D eigenvalue weighted by atomic mass is 16.5. The van der Waals surface area contributed by atoms with Gasteiger partial charge in [-0.3, -0.25) is 9.59 Å². The number of aldehydes is 1. The molecule has 1 atom stereocenters. The molecule has 0 aromatic rings. The van der Waals surface area contributed by atoms with Crippen LogP contribution in [0.5, 0.6) is 0 Å². The van der Waals surface area contributed by atoms with E-state index in [2.05, 4.69) is 0 Å². The predicted molar refractivity (Wildman–Crippen MR) is 43.3 cm³/mol. The largest absolute Gasteiger partial charge is 0.431 e. The molecule has 0 amide bonds. The Bertz CT molecular complexity index is 240. The van der Waals surface area contributed by atoms with Gasteiger partial charge in [-0.05, 0) is 12.8 Å². The average molecular weight is 168 g/mol. The van der Waals surface area contributed by atoms with Gasteiger partial charge in [0.05, 0.1) is 0 Å². The van der Waals surface area contributed by atoms with Crippen molar-refractivity contribution in [1.29, 1.82) is 0 Å². The van der Waals surface area contributed by atoms with E-state index in [1.54, 1.807) is 0 Å². The Morgan fingerprint density at radius 1 is 1.67 bits per heavy atom. The van der Waals surface area contributed by atoms with Crippen LogP contribution in [0.25, 0.3) is 0 Å². The summed E-state index contributed by atoms with van der Waals surface area (Å²) in [7, 11) is 0. The Morgan fingerprint density at radius 2 is 2.33 bits per heavy atom. The van der Waals surface area contributed by atoms with Crippen LogP contribution < -0.4 is 0 Å². The third-order valence-electron chi connectivity index (χ3n) is 2.01. The molecular formula is C9H12O3. The second kappa shape index (κ2) is 3.52. The van der Waals surface area contributed by atoms with Gasteiger partial charge in [-0.1, -0.05) is 6.92 Å². The highest BCUT2D eigenvalue weighted by Gasteiger charge is 2.24. The van der Waals surface area contributed by atoms with Gasteiger partial charge < -0.3 is 4.74 Å². The van der Waals surface area contributed by atoms with Crippen molar-refractivity contribution in [3.63, 3.8) is 0 Å². The monoisotopic (exact) mass is 168 g/mol. The Hall–Kier alpha value is -1.12. The minimum absolute atomic E-state index is 0.203. The van der Waals surface area contributed by atoms with Gasteiger partial charge in [0.2, 0.25) is 0 Å². The van der Waals surface area contributed by atoms with Crippen LogP contribution in [0.15, 0.2) is 11.3 Å². The Labute approximate surface area is 71.4 Å². The van der Waals surface area contributed by atoms with E-state index >= 15 is 0 Å². The first-order valence-corrected chi connectivity index (χ1v) is 4.01. The number of hydrogen-bond donors (Lipinski definition) is 0. The molecule has 0 saturated carbocycles. The highest BCUT2D eigenvalue weighted by molar-refractivity contribution is 5.77. The number of hydrogen-bond acceptors (Lipinski definition) is 3. The SMILES string of the molecule is CC(=O)OC1=C(C=O)CCC1C. The van der Waals surface area contributed by atoms with E-state index in [4.69, 9.17) is 4.74 Å². The van der Waals surface area contributed by atoms with Crippen LogP contribution >= 0.6 is 0 Å². The van der Waals surface area contributed by atoms with Crippen LogP contribution in [0.4, 0.5) is 0 Å². The van der Waals surface area contributed by atoms with Crippen LogP contribution in [-0.2, 0) is 14.3 Å². The highest BCUT2D eigenvalue weighted by Crippen LogP contribution is 2.31. The first-order chi connectivity index (χ1) is 5.65. The summed E-state index contributed by atoms with van der Waals surface area (Å²) < 4.78 is 4.94. The number of allylic oxidation sites excluding steroid dienone is 2. The standard InChI is InChI=1S/C9H12O3/c1-6-3-4-8(5-10)9(6)12-7(2)11/h5-6H,3-4H2,1-2H3. The second-order valence-corrected chi connectivity index (χ2v) is 3.04. The minimum atomic E-state index is -0.349. The Balaban J connectivity index is 2.80. The van der Waals surface area contributed by atoms with Crippen molar-refractivity contribution in [2.45, 2.75) is 26.7 Å². The summed E-state index contributed by atoms with van der Waals surface area (Å²) in [6.45, 7) is 3.30. The molecule has 3 heteroatoms. The molecule has 0 spiro atoms. The molecule has 1 unspecified atom stereocenters. The zero-order valence-corrected chi connectivity index (χ0v) is 7.29. The molecule has 0 heterocycles. The van der Waals surface area contributed by atoms with Gasteiger partial charge in [-0.15, -0.1) is 0 Å². The summed E-state index contributed by atoms with van der Waals surface area (Å²) in [4.78, 5) is 21.1. The van der Waals surface area contributed by atoms with E-state index in [1.807, 2.05) is 6.92 Å². The van der Waals surface area contributed by atoms with E-state index in [1.165, 1.54) is 6.92 Å². The maximum absolute atomic E-state index is 10.6. The summed E-state index contributed by atoms with van der Waals surface area (Å²) in [5.41, 5.74) is 0.637. The van der Waals surface area contributed by atoms with E-state index < -0.39 is 0 Å². The molecule has 0 aliphatic heterocycles. The molecular weight excluding hydrogens is 156 g/mol. The Morgan fingerprint density at radius 3 is 2.83 bits per heavy atom. The third-order valence-corrected chi connectivity index (χ3v) is 2.01. The van der Waals surface area contributed by atoms with Crippen molar-refractivity contribution in [3.8, 4) is 0 Å². The van der Waals surface area contributed by atoms with Crippen molar-refractivity contribution in [2.75, 3.05) is 0 Å². The molecule has 0 aromatic heterocycles. The molecule has 1 aliphatic rings. The molecule has 0 saturated heterocycles. The normalized spacial score (nSPS) is 22.7. The van der Waals surface area contributed by atoms with Gasteiger partial charge in [0.25, 0.3) is 0 Å². The van der Waals surface area contributed by atoms with Crippen molar-refractivity contribution in [3.05, 3.63) is 11.3 Å². The van der Waals surface area contributed by atoms with Crippen molar-refractivity contribution < 1.29 is 14.3 Å². The first-order valence-electron chi connectivity index (χ1n) is 4.01. The quantitative estimate of drug-likeness (QED) is 0.462. The summed E-state index contributed by atoms with van der Waals surface area (Å²) in [5, 5.41) is 0. The van der Waals surface area contributed by atoms with Crippen molar-refractivity contribution in [2.24, 2.45) is 5.92 Å². The van der Waals surface area contributed by atoms with E-state index in [9.17, 15) is 9.59 Å². The lowest BCUT2D eigenvalue weighted by molar-refractivity contribution is -0.137. The average Bonchev–Trinajstić information content (AvgIpc) is 2.32. The van der Waals surface area contributed by atoms with Crippen LogP contribution in [0, 0.1) is 5.92 Å². The van der Waals surface area contributed by atoms with Gasteiger partial charge in [0.1, 0.15) is 12.0 Å². The van der Waals surface area contributed by atoms with Gasteiger partial charge in [0.15, 0.2) is 0 Å². The van der Waals surface area contributed by atoms with E-state index in [0.717, 1.165) is 19.1 Å². The molecule has 0 fully saturated rings. The molecule has 0 aromatic carbocycles. The second-order valence-electron chi connectivity index (χ2n) is 3.04. The molecule has 1 rings (SSSR count). The number of ether oxygens (including phenoxy) is 1. The lowest BCUT2D eigenvalue weighted by atomic mass is 10.1. The topological polar surface area (TPSA) is 43.4 Å². The lowest BCUT2D eigenvalue weighted by Gasteiger charge is -2.07. The van der Waals surface area contributed by atoms with Crippen LogP contribution in [0.3, 0.4) is 0 Å². The molecule has 12 heavy (non-hydrogen) atoms. The molecule has 0 bridgehead atoms. The van der Waals surface area contributed by atoms with Crippen molar-refractivity contribution >= 4 is 12.3 Å². The smallest absolute Gasteiger partial charge is 0.307 e. The Kier molecular flexibility index (Phi) is 2.63. The number of carbonyl (C=O) groups is 2. The van der Waals surface area contributed by atoms with Gasteiger partial charge in [-0.2, -0.15) is 0 Å². The summed E-state index contributed by atoms with van der Waals surface area (Å²) in [6, 6.07) is 0. The zero-order chi connectivity index (χ0) is 9.14. The molecule has 66 valence electrons. The van der Waals surface area contributed by atoms with Crippen LogP contribution in [-0.4, -0.2) is 12.3 Å². The summed E-state index contributed by atoms with van der Waals surface area (Å²) in [5.74, 6) is 0.421. The maximum atomic E-state index is 10.6. The van der Waals surface area contributed by atoms with Crippen LogP contribution in [0.1, 0.15) is 26.7 Å². The fourth-order valence-electron chi connectivity index (χ4n) is 1.38. The summed E-state index contributed by atoms with van der Waals surface area (Å²) >= 11 is 0. The third kappa shape index (κ3) is 1.72. The molecule has 1 aliphatic carbocycles. The van der Waals surface area contributed by atoms with Crippen molar-refractivity contribution in [1.82, 2.24) is 0 Å². The fourth-order valence-corrected chi connectivity index (χ4v) is 1.38. The molecule has 0 N–H and O–H groups in total. The van der Waals surface area contributed by atoms with Gasteiger partial charge in [0, 0.05) is 18.4 Å². The lowest BCUT2D eigenvalue weighted by Crippen LogP contribution is -2.04. The predicted octanol–water partition coefficient (Wildman–Crippen LogP) is 1.43. The zero-order valence-electron chi connectivity index (χ0n) is 7.29. The van der Waals surface area contributed by atoms with E-state index in [-0.39, 0.29) is 11.9 Å². The first kappa shape index (κ1) is 8.97. The van der Waals surface area contributed by atoms with E-state index in [0.29, 0.717) is 11.3 Å². The van der Waals surface area contributed by atoms with Gasteiger partial charge >= 0.3 is 5.97 Å². The number of esters is 1. The van der Waals surface area contributed by atoms with Gasteiger partial charge in [-0.25, -0.2) is 0 Å². The number of carbonyl (C=O) groups excluding carboxylic acids is 2. The molecule has 3 nitrogen and oxygen atoms in total. The summed E-state index contributed by atoms with van der Waals surface area (Å²) in [6.07, 6.45) is 2.41. The fraction of sp³-hybridized carbons (Fsp3) is 0.556. The van der Waals surface area contributed by atoms with Crippen LogP contribution in [0.2, 0.25) is 0 Å². The number of rotatable bonds is 2. The molecule has 0 radical (unpaired) electrons.